The van der Waals surface area contributed by atoms with Crippen molar-refractivity contribution in [3.05, 3.63) is 57.3 Å². The minimum Gasteiger partial charge on any atom is -0.274 e. The first-order chi connectivity index (χ1) is 9.74. The topological polar surface area (TPSA) is 50.2 Å². The Morgan fingerprint density at radius 3 is 2.60 bits per heavy atom. The quantitative estimate of drug-likeness (QED) is 0.727. The molecule has 0 amide bonds. The summed E-state index contributed by atoms with van der Waals surface area (Å²) in [5.41, 5.74) is 4.27. The van der Waals surface area contributed by atoms with Gasteiger partial charge in [0.25, 0.3) is 0 Å². The van der Waals surface area contributed by atoms with Crippen LogP contribution in [0.15, 0.2) is 47.6 Å². The summed E-state index contributed by atoms with van der Waals surface area (Å²) in [6.45, 7) is 0. The smallest absolute Gasteiger partial charge is 0.248 e. The molecule has 3 rings (SSSR count). The zero-order chi connectivity index (χ0) is 13.9. The van der Waals surface area contributed by atoms with Crippen LogP contribution < -0.4 is 10.2 Å². The largest absolute Gasteiger partial charge is 0.274 e. The standard InChI is InChI=1S/C13H8Cl2N4S/c14-8-4-1-2-6-10(8)16-18-13-19-17-12-9(15)5-3-7-11(12)20-13/h1-7,16H. The van der Waals surface area contributed by atoms with E-state index < -0.39 is 0 Å². The number of hydrogen-bond acceptors (Lipinski definition) is 5. The number of hydrogen-bond donors (Lipinski definition) is 1. The number of benzene rings is 2. The number of nitrogens with one attached hydrogen (secondary N) is 1. The average Bonchev–Trinajstić information content (AvgIpc) is 2.46. The first-order valence-corrected chi connectivity index (χ1v) is 7.27. The van der Waals surface area contributed by atoms with Crippen molar-refractivity contribution in [3.63, 3.8) is 0 Å². The Bertz CT molecular complexity index is 832. The molecule has 0 saturated carbocycles. The predicted octanol–water partition coefficient (Wildman–Crippen LogP) is 3.93. The molecule has 2 aromatic carbocycles. The van der Waals surface area contributed by atoms with E-state index in [2.05, 4.69) is 20.7 Å². The summed E-state index contributed by atoms with van der Waals surface area (Å²) in [5.74, 6) is 0. The number of anilines is 1. The minimum absolute atomic E-state index is 0.500. The van der Waals surface area contributed by atoms with Gasteiger partial charge in [0, 0.05) is 0 Å². The van der Waals surface area contributed by atoms with Gasteiger partial charge < -0.3 is 0 Å². The van der Waals surface area contributed by atoms with Gasteiger partial charge in [-0.25, -0.2) is 0 Å². The van der Waals surface area contributed by atoms with Crippen molar-refractivity contribution < 1.29 is 0 Å². The van der Waals surface area contributed by atoms with E-state index in [1.807, 2.05) is 30.3 Å². The van der Waals surface area contributed by atoms with Gasteiger partial charge in [0.05, 0.1) is 20.4 Å². The van der Waals surface area contributed by atoms with Crippen LogP contribution in [0.3, 0.4) is 0 Å². The summed E-state index contributed by atoms with van der Waals surface area (Å²) in [6.07, 6.45) is 0. The molecule has 3 aromatic rings. The lowest BCUT2D eigenvalue weighted by Gasteiger charge is -2.01. The molecule has 100 valence electrons. The highest BCUT2D eigenvalue weighted by Crippen LogP contribution is 2.22. The second kappa shape index (κ2) is 5.75. The third kappa shape index (κ3) is 2.75. The Morgan fingerprint density at radius 1 is 0.950 bits per heavy atom. The Morgan fingerprint density at radius 2 is 1.75 bits per heavy atom. The fraction of sp³-hybridized carbons (Fsp3) is 0. The molecule has 0 bridgehead atoms. The maximum absolute atomic E-state index is 6.04. The Kier molecular flexibility index (Phi) is 3.82. The van der Waals surface area contributed by atoms with E-state index >= 15 is 0 Å². The van der Waals surface area contributed by atoms with Gasteiger partial charge in [0.1, 0.15) is 5.52 Å². The molecule has 7 heteroatoms. The highest BCUT2D eigenvalue weighted by molar-refractivity contribution is 7.15. The Hall–Kier alpha value is -1.69. The summed E-state index contributed by atoms with van der Waals surface area (Å²) < 4.78 is 0.923. The van der Waals surface area contributed by atoms with Crippen molar-refractivity contribution in [3.8, 4) is 0 Å². The van der Waals surface area contributed by atoms with Crippen LogP contribution in [0, 0.1) is 0 Å². The number of aromatic nitrogens is 2. The van der Waals surface area contributed by atoms with E-state index in [0.29, 0.717) is 26.1 Å². The molecule has 0 unspecified atom stereocenters. The summed E-state index contributed by atoms with van der Waals surface area (Å²) >= 11 is 13.5. The van der Waals surface area contributed by atoms with E-state index in [9.17, 15) is 0 Å². The van der Waals surface area contributed by atoms with Crippen LogP contribution in [0.1, 0.15) is 0 Å². The van der Waals surface area contributed by atoms with Crippen LogP contribution in [-0.4, -0.2) is 10.2 Å². The van der Waals surface area contributed by atoms with Crippen molar-refractivity contribution in [1.82, 2.24) is 10.2 Å². The summed E-state index contributed by atoms with van der Waals surface area (Å²) in [5, 5.41) is 13.5. The summed E-state index contributed by atoms with van der Waals surface area (Å²) in [7, 11) is 0. The lowest BCUT2D eigenvalue weighted by atomic mass is 10.3. The molecular weight excluding hydrogens is 315 g/mol. The third-order valence-electron chi connectivity index (χ3n) is 2.53. The van der Waals surface area contributed by atoms with Gasteiger partial charge in [-0.05, 0) is 24.3 Å². The van der Waals surface area contributed by atoms with Crippen LogP contribution in [0.25, 0.3) is 10.2 Å². The number of fused-ring (bicyclic) bond motifs is 1. The van der Waals surface area contributed by atoms with Crippen molar-refractivity contribution >= 4 is 50.4 Å². The first-order valence-electron chi connectivity index (χ1n) is 5.70. The van der Waals surface area contributed by atoms with Gasteiger partial charge >= 0.3 is 0 Å². The van der Waals surface area contributed by atoms with Gasteiger partial charge in [-0.15, -0.1) is 15.3 Å². The molecule has 0 radical (unpaired) electrons. The van der Waals surface area contributed by atoms with E-state index in [4.69, 9.17) is 23.2 Å². The van der Waals surface area contributed by atoms with Crippen molar-refractivity contribution in [2.24, 2.45) is 5.10 Å². The van der Waals surface area contributed by atoms with Crippen LogP contribution in [0.2, 0.25) is 10.0 Å². The van der Waals surface area contributed by atoms with Crippen molar-refractivity contribution in [2.45, 2.75) is 0 Å². The van der Waals surface area contributed by atoms with Crippen LogP contribution >= 0.6 is 34.5 Å². The van der Waals surface area contributed by atoms with Crippen LogP contribution in [0.4, 0.5) is 5.69 Å². The van der Waals surface area contributed by atoms with Gasteiger partial charge in [-0.2, -0.15) is 0 Å². The molecule has 4 nitrogen and oxygen atoms in total. The predicted molar refractivity (Wildman–Crippen MR) is 83.1 cm³/mol. The normalized spacial score (nSPS) is 11.8. The summed E-state index contributed by atoms with van der Waals surface area (Å²) in [6, 6.07) is 12.9. The highest BCUT2D eigenvalue weighted by atomic mass is 35.5. The first kappa shape index (κ1) is 13.3. The molecule has 1 aromatic heterocycles. The van der Waals surface area contributed by atoms with Crippen molar-refractivity contribution in [2.75, 3.05) is 5.43 Å². The molecule has 0 aliphatic rings. The molecular formula is C13H8Cl2N4S. The van der Waals surface area contributed by atoms with Crippen LogP contribution in [0.5, 0.6) is 0 Å². The van der Waals surface area contributed by atoms with Gasteiger partial charge in [0.2, 0.25) is 4.80 Å². The molecule has 1 N–H and O–H groups in total. The Balaban J connectivity index is 1.98. The second-order valence-corrected chi connectivity index (χ2v) is 5.70. The van der Waals surface area contributed by atoms with E-state index in [1.54, 1.807) is 12.1 Å². The third-order valence-corrected chi connectivity index (χ3v) is 4.07. The number of nitrogens with zero attached hydrogens (tertiary/aromatic N) is 3. The van der Waals surface area contributed by atoms with E-state index in [1.165, 1.54) is 11.3 Å². The van der Waals surface area contributed by atoms with Gasteiger partial charge in [0.15, 0.2) is 0 Å². The number of halogens is 2. The van der Waals surface area contributed by atoms with Gasteiger partial charge in [-0.1, -0.05) is 52.7 Å². The molecule has 0 atom stereocenters. The minimum atomic E-state index is 0.500. The molecule has 0 saturated heterocycles. The van der Waals surface area contributed by atoms with E-state index in [-0.39, 0.29) is 0 Å². The lowest BCUT2D eigenvalue weighted by Crippen LogP contribution is -2.08. The van der Waals surface area contributed by atoms with Crippen LogP contribution in [-0.2, 0) is 0 Å². The maximum Gasteiger partial charge on any atom is 0.248 e. The molecule has 0 fully saturated rings. The van der Waals surface area contributed by atoms with Crippen molar-refractivity contribution in [1.29, 1.82) is 0 Å². The zero-order valence-electron chi connectivity index (χ0n) is 10.0. The molecule has 20 heavy (non-hydrogen) atoms. The fourth-order valence-electron chi connectivity index (χ4n) is 1.59. The molecule has 0 spiro atoms. The molecule has 0 aliphatic carbocycles. The fourth-order valence-corrected chi connectivity index (χ4v) is 2.80. The average molecular weight is 323 g/mol. The highest BCUT2D eigenvalue weighted by Gasteiger charge is 2.01. The monoisotopic (exact) mass is 322 g/mol. The zero-order valence-corrected chi connectivity index (χ0v) is 12.4. The lowest BCUT2D eigenvalue weighted by molar-refractivity contribution is 1.01. The number of rotatable bonds is 2. The SMILES string of the molecule is Clc1ccccc1NN=c1nnc2c(Cl)cccc2s1. The maximum atomic E-state index is 6.04. The van der Waals surface area contributed by atoms with E-state index in [0.717, 1.165) is 4.70 Å². The summed E-state index contributed by atoms with van der Waals surface area (Å²) in [4.78, 5) is 0.500. The molecule has 1 heterocycles. The van der Waals surface area contributed by atoms with Gasteiger partial charge in [-0.3, -0.25) is 5.43 Å². The Labute approximate surface area is 128 Å². The second-order valence-electron chi connectivity index (χ2n) is 3.87. The number of para-hydroxylation sites is 1. The molecule has 0 aliphatic heterocycles.